The van der Waals surface area contributed by atoms with Crippen LogP contribution in [0, 0.1) is 11.6 Å². The summed E-state index contributed by atoms with van der Waals surface area (Å²) in [7, 11) is 0. The summed E-state index contributed by atoms with van der Waals surface area (Å²) in [5, 5.41) is 14.5. The second kappa shape index (κ2) is 8.63. The number of aromatic nitrogens is 1. The Morgan fingerprint density at radius 1 is 1.12 bits per heavy atom. The van der Waals surface area contributed by atoms with Crippen molar-refractivity contribution < 1.29 is 31.8 Å². The molecule has 3 aromatic rings. The number of nitrogens with one attached hydrogen (secondary N) is 1. The van der Waals surface area contributed by atoms with Crippen LogP contribution in [0.5, 0.6) is 5.75 Å². The summed E-state index contributed by atoms with van der Waals surface area (Å²) in [4.78, 5) is 4.06. The molecule has 32 heavy (non-hydrogen) atoms. The minimum Gasteiger partial charge on any atom is -0.490 e. The van der Waals surface area contributed by atoms with Gasteiger partial charge in [-0.15, -0.1) is 0 Å². The van der Waals surface area contributed by atoms with Gasteiger partial charge in [0.25, 0.3) is 0 Å². The molecule has 1 aromatic heterocycles. The van der Waals surface area contributed by atoms with Crippen molar-refractivity contribution in [2.75, 3.05) is 0 Å². The van der Waals surface area contributed by atoms with Gasteiger partial charge in [0, 0.05) is 35.9 Å². The molecular weight excluding hydrogens is 431 g/mol. The van der Waals surface area contributed by atoms with Gasteiger partial charge in [-0.3, -0.25) is 4.98 Å². The molecule has 170 valence electrons. The zero-order valence-corrected chi connectivity index (χ0v) is 17.1. The van der Waals surface area contributed by atoms with E-state index < -0.39 is 29.5 Å². The molecule has 0 bridgehead atoms. The largest absolute Gasteiger partial charge is 0.490 e. The summed E-state index contributed by atoms with van der Waals surface area (Å²) in [6.45, 7) is 1.80. The number of rotatable bonds is 6. The van der Waals surface area contributed by atoms with Crippen molar-refractivity contribution in [2.24, 2.45) is 0 Å². The summed E-state index contributed by atoms with van der Waals surface area (Å²) >= 11 is 0. The first-order chi connectivity index (χ1) is 15.1. The number of ether oxygens (including phenoxy) is 1. The van der Waals surface area contributed by atoms with Crippen LogP contribution in [0.2, 0.25) is 0 Å². The van der Waals surface area contributed by atoms with Crippen LogP contribution in [0.1, 0.15) is 42.6 Å². The number of aliphatic hydroxyl groups is 1. The number of alkyl halides is 3. The van der Waals surface area contributed by atoms with Crippen LogP contribution in [0.4, 0.5) is 22.0 Å². The highest BCUT2D eigenvalue weighted by Crippen LogP contribution is 2.35. The topological polar surface area (TPSA) is 54.4 Å². The third-order valence-electron chi connectivity index (χ3n) is 5.69. The van der Waals surface area contributed by atoms with Gasteiger partial charge in [-0.05, 0) is 61.0 Å². The van der Waals surface area contributed by atoms with Crippen LogP contribution in [-0.2, 0) is 12.7 Å². The van der Waals surface area contributed by atoms with Crippen molar-refractivity contribution in [3.63, 3.8) is 0 Å². The number of hydrogen-bond donors (Lipinski definition) is 2. The fourth-order valence-corrected chi connectivity index (χ4v) is 3.91. The van der Waals surface area contributed by atoms with Gasteiger partial charge >= 0.3 is 6.18 Å². The van der Waals surface area contributed by atoms with Crippen molar-refractivity contribution in [1.82, 2.24) is 10.3 Å². The molecule has 1 saturated carbocycles. The second-order valence-electron chi connectivity index (χ2n) is 7.95. The van der Waals surface area contributed by atoms with E-state index in [0.717, 1.165) is 6.07 Å². The molecule has 1 atom stereocenters. The Labute approximate surface area is 181 Å². The molecule has 0 saturated heterocycles. The Bertz CT molecular complexity index is 1130. The van der Waals surface area contributed by atoms with E-state index in [4.69, 9.17) is 4.74 Å². The van der Waals surface area contributed by atoms with Gasteiger partial charge in [-0.2, -0.15) is 13.2 Å². The zero-order valence-electron chi connectivity index (χ0n) is 17.1. The van der Waals surface area contributed by atoms with Crippen LogP contribution in [0.25, 0.3) is 10.8 Å². The van der Waals surface area contributed by atoms with E-state index in [1.54, 1.807) is 25.4 Å². The van der Waals surface area contributed by atoms with Crippen LogP contribution in [0.15, 0.2) is 42.7 Å². The quantitative estimate of drug-likeness (QED) is 0.500. The maximum absolute atomic E-state index is 14.7. The van der Waals surface area contributed by atoms with E-state index in [0.29, 0.717) is 40.8 Å². The van der Waals surface area contributed by atoms with Gasteiger partial charge in [-0.1, -0.05) is 0 Å². The lowest BCUT2D eigenvalue weighted by Gasteiger charge is -2.36. The summed E-state index contributed by atoms with van der Waals surface area (Å²) in [5.74, 6) is -1.82. The molecule has 9 heteroatoms. The van der Waals surface area contributed by atoms with Crippen molar-refractivity contribution in [2.45, 2.75) is 50.7 Å². The van der Waals surface area contributed by atoms with E-state index >= 15 is 0 Å². The molecule has 0 radical (unpaired) electrons. The van der Waals surface area contributed by atoms with E-state index in [1.807, 2.05) is 0 Å². The van der Waals surface area contributed by atoms with Gasteiger partial charge in [-0.25, -0.2) is 8.78 Å². The number of aliphatic hydroxyl groups excluding tert-OH is 1. The zero-order chi connectivity index (χ0) is 23.0. The predicted octanol–water partition coefficient (Wildman–Crippen LogP) is 5.28. The number of nitrogens with zero attached hydrogens (tertiary/aromatic N) is 1. The third-order valence-corrected chi connectivity index (χ3v) is 5.69. The van der Waals surface area contributed by atoms with Gasteiger partial charge in [0.1, 0.15) is 23.5 Å². The number of hydrogen-bond acceptors (Lipinski definition) is 4. The van der Waals surface area contributed by atoms with Gasteiger partial charge < -0.3 is 15.2 Å². The van der Waals surface area contributed by atoms with E-state index in [1.165, 1.54) is 12.1 Å². The molecular formula is C23H21F5N2O2. The Morgan fingerprint density at radius 2 is 1.88 bits per heavy atom. The summed E-state index contributed by atoms with van der Waals surface area (Å²) < 4.78 is 72.2. The van der Waals surface area contributed by atoms with E-state index in [9.17, 15) is 27.1 Å². The SMILES string of the molecule is CC(O)c1cc(F)c(CN[C@H]2C[C@H](Oc3ccc(F)c(C(F)(F)F)c3)C2)c2ccncc12. The van der Waals surface area contributed by atoms with E-state index in [-0.39, 0.29) is 24.4 Å². The normalized spacial score (nSPS) is 19.6. The highest BCUT2D eigenvalue weighted by Gasteiger charge is 2.36. The predicted molar refractivity (Wildman–Crippen MR) is 108 cm³/mol. The average molecular weight is 452 g/mol. The minimum atomic E-state index is -4.79. The highest BCUT2D eigenvalue weighted by molar-refractivity contribution is 5.88. The van der Waals surface area contributed by atoms with Gasteiger partial charge in [0.2, 0.25) is 0 Å². The number of benzene rings is 2. The summed E-state index contributed by atoms with van der Waals surface area (Å²) in [6.07, 6.45) is -1.77. The average Bonchev–Trinajstić information content (AvgIpc) is 2.70. The molecule has 1 aliphatic rings. The van der Waals surface area contributed by atoms with Crippen LogP contribution >= 0.6 is 0 Å². The molecule has 0 spiro atoms. The molecule has 4 nitrogen and oxygen atoms in total. The number of fused-ring (bicyclic) bond motifs is 1. The third kappa shape index (κ3) is 4.54. The number of halogens is 5. The maximum Gasteiger partial charge on any atom is 0.419 e. The van der Waals surface area contributed by atoms with Crippen molar-refractivity contribution in [3.8, 4) is 5.75 Å². The lowest BCUT2D eigenvalue weighted by atomic mass is 9.88. The molecule has 1 heterocycles. The molecule has 1 aliphatic carbocycles. The van der Waals surface area contributed by atoms with Gasteiger partial charge in [0.05, 0.1) is 11.7 Å². The summed E-state index contributed by atoms with van der Waals surface area (Å²) in [5.41, 5.74) is -0.449. The van der Waals surface area contributed by atoms with E-state index in [2.05, 4.69) is 10.3 Å². The Kier molecular flexibility index (Phi) is 6.05. The smallest absolute Gasteiger partial charge is 0.419 e. The minimum absolute atomic E-state index is 0.00439. The molecule has 2 N–H and O–H groups in total. The molecule has 1 unspecified atom stereocenters. The molecule has 4 rings (SSSR count). The standard InChI is InChI=1S/C23H21F5N2O2/c1-12(31)17-9-22(25)19(16-4-5-29-10-18(16)17)11-30-13-6-15(7-13)32-14-2-3-21(24)20(8-14)23(26,27)28/h2-5,8-10,12-13,15,30-31H,6-7,11H2,1H3/t12?,13-,15-. The fourth-order valence-electron chi connectivity index (χ4n) is 3.91. The lowest BCUT2D eigenvalue weighted by Crippen LogP contribution is -2.46. The molecule has 0 aliphatic heterocycles. The van der Waals surface area contributed by atoms with Crippen molar-refractivity contribution in [3.05, 3.63) is 71.1 Å². The van der Waals surface area contributed by atoms with Crippen LogP contribution in [-0.4, -0.2) is 22.2 Å². The van der Waals surface area contributed by atoms with Crippen LogP contribution < -0.4 is 10.1 Å². The Balaban J connectivity index is 1.39. The monoisotopic (exact) mass is 452 g/mol. The fraction of sp³-hybridized carbons (Fsp3) is 0.348. The number of pyridine rings is 1. The van der Waals surface area contributed by atoms with Gasteiger partial charge in [0.15, 0.2) is 0 Å². The van der Waals surface area contributed by atoms with Crippen molar-refractivity contribution >= 4 is 10.8 Å². The first kappa shape index (κ1) is 22.4. The lowest BCUT2D eigenvalue weighted by molar-refractivity contribution is -0.140. The highest BCUT2D eigenvalue weighted by atomic mass is 19.4. The molecule has 1 fully saturated rings. The first-order valence-corrected chi connectivity index (χ1v) is 10.1. The second-order valence-corrected chi connectivity index (χ2v) is 7.95. The van der Waals surface area contributed by atoms with Crippen molar-refractivity contribution in [1.29, 1.82) is 0 Å². The van der Waals surface area contributed by atoms with Crippen LogP contribution in [0.3, 0.4) is 0 Å². The Hall–Kier alpha value is -2.78. The molecule has 0 amide bonds. The first-order valence-electron chi connectivity index (χ1n) is 10.1. The molecule has 2 aromatic carbocycles. The Morgan fingerprint density at radius 3 is 2.56 bits per heavy atom. The maximum atomic E-state index is 14.7. The summed E-state index contributed by atoms with van der Waals surface area (Å²) in [6, 6.07) is 5.58.